The van der Waals surface area contributed by atoms with Crippen LogP contribution in [0, 0.1) is 18.6 Å². The predicted octanol–water partition coefficient (Wildman–Crippen LogP) is 1.76. The second-order valence-electron chi connectivity index (χ2n) is 4.57. The van der Waals surface area contributed by atoms with Crippen molar-refractivity contribution < 1.29 is 13.6 Å². The number of carbonyl (C=O) groups is 1. The van der Waals surface area contributed by atoms with E-state index in [9.17, 15) is 13.6 Å². The summed E-state index contributed by atoms with van der Waals surface area (Å²) in [5.41, 5.74) is 0.151. The summed E-state index contributed by atoms with van der Waals surface area (Å²) in [5.74, 6) is -1.97. The van der Waals surface area contributed by atoms with Gasteiger partial charge in [-0.1, -0.05) is 0 Å². The highest BCUT2D eigenvalue weighted by Crippen LogP contribution is 2.18. The number of halogens is 2. The van der Waals surface area contributed by atoms with Gasteiger partial charge in [0, 0.05) is 25.2 Å². The van der Waals surface area contributed by atoms with Gasteiger partial charge in [-0.15, -0.1) is 0 Å². The minimum atomic E-state index is -0.828. The van der Waals surface area contributed by atoms with Gasteiger partial charge in [0.2, 0.25) is 0 Å². The lowest BCUT2D eigenvalue weighted by Crippen LogP contribution is -2.33. The molecular formula is C13H16F2N2O. The van der Waals surface area contributed by atoms with Gasteiger partial charge in [0.15, 0.2) is 0 Å². The molecule has 1 aliphatic carbocycles. The fourth-order valence-corrected chi connectivity index (χ4v) is 1.67. The molecule has 98 valence electrons. The molecule has 1 aromatic rings. The van der Waals surface area contributed by atoms with Crippen LogP contribution < -0.4 is 10.6 Å². The SMILES string of the molecule is Cc1cc(C(=O)NCCNC2CC2)c(F)cc1F. The van der Waals surface area contributed by atoms with Crippen molar-refractivity contribution in [2.45, 2.75) is 25.8 Å². The lowest BCUT2D eigenvalue weighted by atomic mass is 10.1. The van der Waals surface area contributed by atoms with Gasteiger partial charge in [0.05, 0.1) is 5.56 Å². The molecule has 1 saturated carbocycles. The van der Waals surface area contributed by atoms with Crippen molar-refractivity contribution in [1.82, 2.24) is 10.6 Å². The average Bonchev–Trinajstić information content (AvgIpc) is 3.13. The monoisotopic (exact) mass is 254 g/mol. The number of amides is 1. The Morgan fingerprint density at radius 1 is 1.28 bits per heavy atom. The molecule has 0 atom stereocenters. The minimum Gasteiger partial charge on any atom is -0.351 e. The molecule has 3 nitrogen and oxygen atoms in total. The Morgan fingerprint density at radius 2 is 2.00 bits per heavy atom. The van der Waals surface area contributed by atoms with Gasteiger partial charge in [-0.3, -0.25) is 4.79 Å². The van der Waals surface area contributed by atoms with E-state index >= 15 is 0 Å². The van der Waals surface area contributed by atoms with Crippen molar-refractivity contribution in [3.8, 4) is 0 Å². The summed E-state index contributed by atoms with van der Waals surface area (Å²) in [6.07, 6.45) is 2.36. The Labute approximate surface area is 105 Å². The van der Waals surface area contributed by atoms with Crippen LogP contribution >= 0.6 is 0 Å². The van der Waals surface area contributed by atoms with Crippen molar-refractivity contribution in [3.05, 3.63) is 34.9 Å². The van der Waals surface area contributed by atoms with Crippen LogP contribution in [0.2, 0.25) is 0 Å². The highest BCUT2D eigenvalue weighted by atomic mass is 19.1. The van der Waals surface area contributed by atoms with Crippen LogP contribution in [0.1, 0.15) is 28.8 Å². The summed E-state index contributed by atoms with van der Waals surface area (Å²) < 4.78 is 26.5. The van der Waals surface area contributed by atoms with E-state index in [1.54, 1.807) is 0 Å². The topological polar surface area (TPSA) is 41.1 Å². The molecule has 2 N–H and O–H groups in total. The molecule has 1 amide bonds. The van der Waals surface area contributed by atoms with E-state index in [0.29, 0.717) is 19.1 Å². The molecule has 0 heterocycles. The first-order valence-corrected chi connectivity index (χ1v) is 6.05. The summed E-state index contributed by atoms with van der Waals surface area (Å²) in [6.45, 7) is 2.60. The summed E-state index contributed by atoms with van der Waals surface area (Å²) in [5, 5.41) is 5.84. The number of aryl methyl sites for hydroxylation is 1. The molecule has 1 fully saturated rings. The number of rotatable bonds is 5. The lowest BCUT2D eigenvalue weighted by molar-refractivity contribution is 0.0949. The van der Waals surface area contributed by atoms with E-state index in [0.717, 1.165) is 6.07 Å². The zero-order valence-electron chi connectivity index (χ0n) is 10.2. The van der Waals surface area contributed by atoms with Gasteiger partial charge in [-0.25, -0.2) is 8.78 Å². The highest BCUT2D eigenvalue weighted by Gasteiger charge is 2.20. The molecule has 0 aliphatic heterocycles. The zero-order chi connectivity index (χ0) is 13.1. The Morgan fingerprint density at radius 3 is 2.67 bits per heavy atom. The van der Waals surface area contributed by atoms with Crippen molar-refractivity contribution in [2.24, 2.45) is 0 Å². The second kappa shape index (κ2) is 5.44. The minimum absolute atomic E-state index is 0.111. The van der Waals surface area contributed by atoms with Crippen molar-refractivity contribution >= 4 is 5.91 Å². The first-order valence-electron chi connectivity index (χ1n) is 6.05. The molecule has 1 aromatic carbocycles. The Kier molecular flexibility index (Phi) is 3.91. The molecule has 2 rings (SSSR count). The van der Waals surface area contributed by atoms with Crippen LogP contribution in [0.4, 0.5) is 8.78 Å². The van der Waals surface area contributed by atoms with Crippen molar-refractivity contribution in [3.63, 3.8) is 0 Å². The van der Waals surface area contributed by atoms with Gasteiger partial charge >= 0.3 is 0 Å². The maximum Gasteiger partial charge on any atom is 0.254 e. The predicted molar refractivity (Wildman–Crippen MR) is 64.5 cm³/mol. The number of hydrogen-bond acceptors (Lipinski definition) is 2. The highest BCUT2D eigenvalue weighted by molar-refractivity contribution is 5.94. The fourth-order valence-electron chi connectivity index (χ4n) is 1.67. The molecular weight excluding hydrogens is 238 g/mol. The third-order valence-electron chi connectivity index (χ3n) is 2.91. The number of hydrogen-bond donors (Lipinski definition) is 2. The molecule has 0 aromatic heterocycles. The van der Waals surface area contributed by atoms with E-state index < -0.39 is 17.5 Å². The Hall–Kier alpha value is -1.49. The van der Waals surface area contributed by atoms with Gasteiger partial charge in [0.25, 0.3) is 5.91 Å². The van der Waals surface area contributed by atoms with E-state index in [-0.39, 0.29) is 11.1 Å². The molecule has 0 radical (unpaired) electrons. The first-order chi connectivity index (χ1) is 8.58. The van der Waals surface area contributed by atoms with Crippen molar-refractivity contribution in [1.29, 1.82) is 0 Å². The summed E-state index contributed by atoms with van der Waals surface area (Å²) >= 11 is 0. The van der Waals surface area contributed by atoms with Crippen LogP contribution in [0.15, 0.2) is 12.1 Å². The smallest absolute Gasteiger partial charge is 0.254 e. The van der Waals surface area contributed by atoms with Gasteiger partial charge in [0.1, 0.15) is 11.6 Å². The van der Waals surface area contributed by atoms with Crippen molar-refractivity contribution in [2.75, 3.05) is 13.1 Å². The molecule has 0 saturated heterocycles. The molecule has 0 spiro atoms. The van der Waals surface area contributed by atoms with E-state index in [4.69, 9.17) is 0 Å². The van der Waals surface area contributed by atoms with Crippen LogP contribution in [-0.2, 0) is 0 Å². The van der Waals surface area contributed by atoms with Gasteiger partial charge in [-0.05, 0) is 31.4 Å². The molecule has 5 heteroatoms. The quantitative estimate of drug-likeness (QED) is 0.786. The molecule has 18 heavy (non-hydrogen) atoms. The molecule has 0 unspecified atom stereocenters. The van der Waals surface area contributed by atoms with E-state index in [1.165, 1.54) is 25.8 Å². The van der Waals surface area contributed by atoms with Crippen LogP contribution in [0.5, 0.6) is 0 Å². The van der Waals surface area contributed by atoms with Crippen LogP contribution in [-0.4, -0.2) is 25.0 Å². The summed E-state index contributed by atoms with van der Waals surface area (Å²) in [6, 6.07) is 2.55. The number of benzene rings is 1. The lowest BCUT2D eigenvalue weighted by Gasteiger charge is -2.08. The number of carbonyl (C=O) groups excluding carboxylic acids is 1. The zero-order valence-corrected chi connectivity index (χ0v) is 10.2. The van der Waals surface area contributed by atoms with E-state index in [2.05, 4.69) is 10.6 Å². The fraction of sp³-hybridized carbons (Fsp3) is 0.462. The molecule has 1 aliphatic rings. The standard InChI is InChI=1S/C13H16F2N2O/c1-8-6-10(12(15)7-11(8)14)13(18)17-5-4-16-9-2-3-9/h6-7,9,16H,2-5H2,1H3,(H,17,18). The Bertz CT molecular complexity index is 459. The third kappa shape index (κ3) is 3.26. The average molecular weight is 254 g/mol. The van der Waals surface area contributed by atoms with E-state index in [1.807, 2.05) is 0 Å². The first kappa shape index (κ1) is 13.0. The van der Waals surface area contributed by atoms with Crippen LogP contribution in [0.25, 0.3) is 0 Å². The maximum absolute atomic E-state index is 13.4. The van der Waals surface area contributed by atoms with Crippen LogP contribution in [0.3, 0.4) is 0 Å². The summed E-state index contributed by atoms with van der Waals surface area (Å²) in [4.78, 5) is 11.7. The van der Waals surface area contributed by atoms with Gasteiger partial charge < -0.3 is 10.6 Å². The Balaban J connectivity index is 1.88. The van der Waals surface area contributed by atoms with Gasteiger partial charge in [-0.2, -0.15) is 0 Å². The normalized spacial score (nSPS) is 14.6. The second-order valence-corrected chi connectivity index (χ2v) is 4.57. The number of nitrogens with one attached hydrogen (secondary N) is 2. The molecule has 0 bridgehead atoms. The third-order valence-corrected chi connectivity index (χ3v) is 2.91. The largest absolute Gasteiger partial charge is 0.351 e. The summed E-state index contributed by atoms with van der Waals surface area (Å²) in [7, 11) is 0. The maximum atomic E-state index is 13.4.